The molecule has 0 radical (unpaired) electrons. The Labute approximate surface area is 145 Å². The first-order valence-corrected chi connectivity index (χ1v) is 9.16. The van der Waals surface area contributed by atoms with E-state index >= 15 is 0 Å². The Morgan fingerprint density at radius 2 is 2.00 bits per heavy atom. The highest BCUT2D eigenvalue weighted by Gasteiger charge is 2.34. The minimum Gasteiger partial charge on any atom is -0.379 e. The maximum Gasteiger partial charge on any atom is 0.275 e. The van der Waals surface area contributed by atoms with E-state index in [9.17, 15) is 18.0 Å². The molecule has 12 heteroatoms. The Hall–Kier alpha value is -2.05. The van der Waals surface area contributed by atoms with Crippen LogP contribution in [0.25, 0.3) is 0 Å². The molecule has 0 bridgehead atoms. The summed E-state index contributed by atoms with van der Waals surface area (Å²) in [7, 11) is -0.497. The van der Waals surface area contributed by atoms with E-state index < -0.39 is 27.9 Å². The average Bonchev–Trinajstić information content (AvgIpc) is 3.14. The van der Waals surface area contributed by atoms with E-state index in [1.165, 1.54) is 14.1 Å². The molecule has 1 saturated heterocycles. The fourth-order valence-corrected chi connectivity index (χ4v) is 3.45. The summed E-state index contributed by atoms with van der Waals surface area (Å²) in [5.74, 6) is -1.51. The summed E-state index contributed by atoms with van der Waals surface area (Å²) in [4.78, 5) is 23.8. The summed E-state index contributed by atoms with van der Waals surface area (Å²) in [5, 5.41) is 12.0. The van der Waals surface area contributed by atoms with Crippen LogP contribution in [0.1, 0.15) is 16.2 Å². The Kier molecular flexibility index (Phi) is 6.08. The number of hydrogen-bond acceptors (Lipinski definition) is 8. The quantitative estimate of drug-likeness (QED) is 0.564. The number of hydrogen-bond donors (Lipinski definition) is 2. The fraction of sp³-hybridized carbons (Fsp3) is 0.692. The minimum absolute atomic E-state index is 0.00644. The van der Waals surface area contributed by atoms with Gasteiger partial charge in [0.15, 0.2) is 5.69 Å². The Bertz CT molecular complexity index is 731. The van der Waals surface area contributed by atoms with Crippen LogP contribution in [-0.4, -0.2) is 80.5 Å². The zero-order valence-corrected chi connectivity index (χ0v) is 15.0. The number of rotatable bonds is 7. The van der Waals surface area contributed by atoms with Gasteiger partial charge in [0.2, 0.25) is 15.9 Å². The van der Waals surface area contributed by atoms with Crippen molar-refractivity contribution in [2.45, 2.75) is 13.0 Å². The SMILES string of the molecule is Cc1nonc1C(=O)NCC(=O)N[C@@H]1COC[C@H]1CS(=O)(=O)N(C)C. The molecule has 1 aliphatic heterocycles. The summed E-state index contributed by atoms with van der Waals surface area (Å²) in [5.41, 5.74) is 0.322. The average molecular weight is 375 g/mol. The first-order chi connectivity index (χ1) is 11.7. The van der Waals surface area contributed by atoms with Crippen molar-refractivity contribution in [3.8, 4) is 0 Å². The third-order valence-corrected chi connectivity index (χ3v) is 5.77. The monoisotopic (exact) mass is 375 g/mol. The van der Waals surface area contributed by atoms with E-state index in [4.69, 9.17) is 4.74 Å². The van der Waals surface area contributed by atoms with Gasteiger partial charge >= 0.3 is 0 Å². The summed E-state index contributed by atoms with van der Waals surface area (Å²) < 4.78 is 34.8. The lowest BCUT2D eigenvalue weighted by Crippen LogP contribution is -2.47. The van der Waals surface area contributed by atoms with Crippen LogP contribution in [0.3, 0.4) is 0 Å². The molecule has 0 spiro atoms. The molecule has 0 aliphatic carbocycles. The van der Waals surface area contributed by atoms with Crippen molar-refractivity contribution in [1.29, 1.82) is 0 Å². The van der Waals surface area contributed by atoms with E-state index in [-0.39, 0.29) is 37.1 Å². The van der Waals surface area contributed by atoms with Crippen LogP contribution in [0.4, 0.5) is 0 Å². The first kappa shape index (κ1) is 19.3. The van der Waals surface area contributed by atoms with Crippen molar-refractivity contribution < 1.29 is 27.4 Å². The Morgan fingerprint density at radius 3 is 2.60 bits per heavy atom. The number of nitrogens with zero attached hydrogens (tertiary/aromatic N) is 3. The number of amides is 2. The van der Waals surface area contributed by atoms with Crippen molar-refractivity contribution >= 4 is 21.8 Å². The van der Waals surface area contributed by atoms with Crippen LogP contribution in [0, 0.1) is 12.8 Å². The second-order valence-electron chi connectivity index (χ2n) is 5.91. The molecule has 2 rings (SSSR count). The van der Waals surface area contributed by atoms with Crippen LogP contribution in [-0.2, 0) is 19.6 Å². The number of ether oxygens (including phenoxy) is 1. The second-order valence-corrected chi connectivity index (χ2v) is 8.14. The number of sulfonamides is 1. The molecule has 0 aromatic carbocycles. The molecule has 2 N–H and O–H groups in total. The highest BCUT2D eigenvalue weighted by Crippen LogP contribution is 2.17. The predicted octanol–water partition coefficient (Wildman–Crippen LogP) is -1.87. The van der Waals surface area contributed by atoms with Crippen LogP contribution in [0.15, 0.2) is 4.63 Å². The smallest absolute Gasteiger partial charge is 0.275 e. The minimum atomic E-state index is -3.40. The van der Waals surface area contributed by atoms with Gasteiger partial charge in [-0.05, 0) is 12.1 Å². The molecule has 140 valence electrons. The first-order valence-electron chi connectivity index (χ1n) is 7.55. The van der Waals surface area contributed by atoms with Gasteiger partial charge in [0, 0.05) is 20.0 Å². The van der Waals surface area contributed by atoms with Gasteiger partial charge < -0.3 is 15.4 Å². The Morgan fingerprint density at radius 1 is 1.28 bits per heavy atom. The topological polar surface area (TPSA) is 144 Å². The third-order valence-electron chi connectivity index (χ3n) is 3.80. The molecular weight excluding hydrogens is 354 g/mol. The van der Waals surface area contributed by atoms with Crippen molar-refractivity contribution in [1.82, 2.24) is 25.3 Å². The molecule has 1 aliphatic rings. The molecule has 2 amide bonds. The lowest BCUT2D eigenvalue weighted by Gasteiger charge is -2.21. The van der Waals surface area contributed by atoms with Gasteiger partial charge in [0.25, 0.3) is 5.91 Å². The fourth-order valence-electron chi connectivity index (χ4n) is 2.28. The lowest BCUT2D eigenvalue weighted by atomic mass is 10.1. The molecule has 25 heavy (non-hydrogen) atoms. The highest BCUT2D eigenvalue weighted by molar-refractivity contribution is 7.89. The van der Waals surface area contributed by atoms with Crippen LogP contribution in [0.5, 0.6) is 0 Å². The number of carbonyl (C=O) groups is 2. The van der Waals surface area contributed by atoms with E-state index in [0.717, 1.165) is 4.31 Å². The summed E-state index contributed by atoms with van der Waals surface area (Å²) in [6.45, 7) is 1.74. The van der Waals surface area contributed by atoms with E-state index in [1.807, 2.05) is 0 Å². The number of aryl methyl sites for hydroxylation is 1. The highest BCUT2D eigenvalue weighted by atomic mass is 32.2. The van der Waals surface area contributed by atoms with Crippen molar-refractivity contribution in [2.75, 3.05) is 39.6 Å². The molecule has 2 atom stereocenters. The predicted molar refractivity (Wildman–Crippen MR) is 85.1 cm³/mol. The van der Waals surface area contributed by atoms with Crippen molar-refractivity contribution in [3.63, 3.8) is 0 Å². The molecular formula is C13H21N5O6S. The number of aromatic nitrogens is 2. The van der Waals surface area contributed by atoms with Gasteiger partial charge in [-0.3, -0.25) is 9.59 Å². The van der Waals surface area contributed by atoms with Gasteiger partial charge in [-0.1, -0.05) is 5.16 Å². The number of nitrogens with one attached hydrogen (secondary N) is 2. The van der Waals surface area contributed by atoms with E-state index in [0.29, 0.717) is 5.69 Å². The maximum atomic E-state index is 12.0. The van der Waals surface area contributed by atoms with Crippen LogP contribution >= 0.6 is 0 Å². The van der Waals surface area contributed by atoms with Gasteiger partial charge in [-0.25, -0.2) is 17.4 Å². The van der Waals surface area contributed by atoms with Gasteiger partial charge in [0.1, 0.15) is 5.69 Å². The van der Waals surface area contributed by atoms with Crippen molar-refractivity contribution in [3.05, 3.63) is 11.4 Å². The zero-order valence-electron chi connectivity index (χ0n) is 14.2. The second kappa shape index (κ2) is 7.89. The lowest BCUT2D eigenvalue weighted by molar-refractivity contribution is -0.121. The molecule has 1 fully saturated rings. The van der Waals surface area contributed by atoms with E-state index in [1.54, 1.807) is 6.92 Å². The van der Waals surface area contributed by atoms with Crippen LogP contribution in [0.2, 0.25) is 0 Å². The largest absolute Gasteiger partial charge is 0.379 e. The third kappa shape index (κ3) is 4.96. The van der Waals surface area contributed by atoms with Crippen molar-refractivity contribution in [2.24, 2.45) is 5.92 Å². The molecule has 0 unspecified atom stereocenters. The van der Waals surface area contributed by atoms with Gasteiger partial charge in [-0.2, -0.15) is 0 Å². The van der Waals surface area contributed by atoms with Crippen LogP contribution < -0.4 is 10.6 Å². The number of carbonyl (C=O) groups excluding carboxylic acids is 2. The summed E-state index contributed by atoms with van der Waals surface area (Å²) in [6.07, 6.45) is 0. The Balaban J connectivity index is 1.85. The molecule has 11 nitrogen and oxygen atoms in total. The zero-order chi connectivity index (χ0) is 18.6. The summed E-state index contributed by atoms with van der Waals surface area (Å²) in [6, 6.07) is -0.436. The maximum absolute atomic E-state index is 12.0. The standard InChI is InChI=1S/C13H21N5O6S/c1-8-12(17-24-16-8)13(20)14-4-11(19)15-10-6-23-5-9(10)7-25(21,22)18(2)3/h9-10H,4-7H2,1-3H3,(H,14,20)(H,15,19)/t9-,10+/m0/s1. The molecule has 1 aromatic heterocycles. The molecule has 2 heterocycles. The molecule has 0 saturated carbocycles. The summed E-state index contributed by atoms with van der Waals surface area (Å²) >= 11 is 0. The van der Waals surface area contributed by atoms with Gasteiger partial charge in [0.05, 0.1) is 31.6 Å². The normalized spacial score (nSPS) is 20.6. The van der Waals surface area contributed by atoms with Gasteiger partial charge in [-0.15, -0.1) is 0 Å². The van der Waals surface area contributed by atoms with E-state index in [2.05, 4.69) is 25.6 Å². The molecule has 1 aromatic rings.